The molecule has 0 amide bonds. The zero-order valence-corrected chi connectivity index (χ0v) is 20.0. The Hall–Kier alpha value is -3.43. The monoisotopic (exact) mass is 466 g/mol. The lowest BCUT2D eigenvalue weighted by Crippen LogP contribution is -2.23. The van der Waals surface area contributed by atoms with E-state index in [9.17, 15) is 8.42 Å². The van der Waals surface area contributed by atoms with Crippen LogP contribution in [0.5, 0.6) is 11.5 Å². The third kappa shape index (κ3) is 4.42. The van der Waals surface area contributed by atoms with Crippen molar-refractivity contribution in [2.24, 2.45) is 0 Å². The summed E-state index contributed by atoms with van der Waals surface area (Å²) in [6, 6.07) is 14.2. The number of fused-ring (bicyclic) bond motifs is 1. The first kappa shape index (κ1) is 22.8. The lowest BCUT2D eigenvalue weighted by Gasteiger charge is -2.13. The fourth-order valence-corrected chi connectivity index (χ4v) is 5.02. The maximum absolute atomic E-state index is 13.2. The van der Waals surface area contributed by atoms with E-state index in [0.717, 1.165) is 28.2 Å². The van der Waals surface area contributed by atoms with Gasteiger partial charge in [-0.15, -0.1) is 0 Å². The van der Waals surface area contributed by atoms with E-state index in [1.54, 1.807) is 35.9 Å². The van der Waals surface area contributed by atoms with Crippen LogP contribution in [0.1, 0.15) is 22.6 Å². The standard InChI is InChI=1S/C24H26N4O4S/c1-15-12-16(2)28-24(26-15)23(17(3)27-28)19-8-11-21(32-5)22(13-19)33(29,30)25-14-18-6-9-20(31-4)10-7-18/h6-13,25H,14H2,1-5H3. The molecule has 4 rings (SSSR count). The fourth-order valence-electron chi connectivity index (χ4n) is 3.81. The number of sulfonamides is 1. The van der Waals surface area contributed by atoms with Crippen LogP contribution in [0.25, 0.3) is 16.8 Å². The smallest absolute Gasteiger partial charge is 0.244 e. The first-order valence-electron chi connectivity index (χ1n) is 10.4. The van der Waals surface area contributed by atoms with Gasteiger partial charge in [-0.2, -0.15) is 5.10 Å². The predicted molar refractivity (Wildman–Crippen MR) is 126 cm³/mol. The summed E-state index contributed by atoms with van der Waals surface area (Å²) >= 11 is 0. The number of nitrogens with one attached hydrogen (secondary N) is 1. The van der Waals surface area contributed by atoms with Gasteiger partial charge in [0.25, 0.3) is 0 Å². The molecule has 0 saturated carbocycles. The van der Waals surface area contributed by atoms with Crippen molar-refractivity contribution in [3.63, 3.8) is 0 Å². The molecule has 8 nitrogen and oxygen atoms in total. The summed E-state index contributed by atoms with van der Waals surface area (Å²) in [5, 5.41) is 4.60. The normalized spacial score (nSPS) is 11.7. The molecule has 2 aromatic heterocycles. The van der Waals surface area contributed by atoms with Crippen molar-refractivity contribution in [1.29, 1.82) is 0 Å². The molecule has 0 aliphatic rings. The van der Waals surface area contributed by atoms with Gasteiger partial charge < -0.3 is 9.47 Å². The quantitative estimate of drug-likeness (QED) is 0.445. The molecular weight excluding hydrogens is 440 g/mol. The van der Waals surface area contributed by atoms with E-state index in [2.05, 4.69) is 14.8 Å². The summed E-state index contributed by atoms with van der Waals surface area (Å²) in [5.74, 6) is 0.967. The second-order valence-electron chi connectivity index (χ2n) is 7.77. The average Bonchev–Trinajstić information content (AvgIpc) is 3.13. The van der Waals surface area contributed by atoms with Crippen molar-refractivity contribution < 1.29 is 17.9 Å². The molecule has 4 aromatic rings. The second-order valence-corrected chi connectivity index (χ2v) is 9.51. The summed E-state index contributed by atoms with van der Waals surface area (Å²) in [7, 11) is -0.832. The molecule has 1 N–H and O–H groups in total. The Bertz CT molecular complexity index is 1430. The Morgan fingerprint density at radius 1 is 0.970 bits per heavy atom. The topological polar surface area (TPSA) is 94.8 Å². The van der Waals surface area contributed by atoms with Crippen LogP contribution in [0.3, 0.4) is 0 Å². The Kier molecular flexibility index (Phi) is 6.09. The number of ether oxygens (including phenoxy) is 2. The van der Waals surface area contributed by atoms with Gasteiger partial charge in [0, 0.05) is 23.5 Å². The summed E-state index contributed by atoms with van der Waals surface area (Å²) < 4.78 is 41.4. The number of aromatic nitrogens is 3. The highest BCUT2D eigenvalue weighted by atomic mass is 32.2. The minimum atomic E-state index is -3.87. The van der Waals surface area contributed by atoms with E-state index in [-0.39, 0.29) is 17.2 Å². The van der Waals surface area contributed by atoms with Crippen LogP contribution in [-0.2, 0) is 16.6 Å². The van der Waals surface area contributed by atoms with E-state index < -0.39 is 10.0 Å². The maximum Gasteiger partial charge on any atom is 0.244 e. The Morgan fingerprint density at radius 3 is 2.36 bits per heavy atom. The van der Waals surface area contributed by atoms with Crippen molar-refractivity contribution in [2.45, 2.75) is 32.2 Å². The lowest BCUT2D eigenvalue weighted by atomic mass is 10.1. The zero-order chi connectivity index (χ0) is 23.8. The van der Waals surface area contributed by atoms with Gasteiger partial charge in [-0.25, -0.2) is 22.6 Å². The van der Waals surface area contributed by atoms with Crippen LogP contribution in [0.2, 0.25) is 0 Å². The van der Waals surface area contributed by atoms with Crippen LogP contribution >= 0.6 is 0 Å². The molecule has 0 unspecified atom stereocenters. The van der Waals surface area contributed by atoms with Crippen LogP contribution in [0.15, 0.2) is 53.4 Å². The molecule has 0 aliphatic carbocycles. The number of hydrogen-bond acceptors (Lipinski definition) is 6. The third-order valence-corrected chi connectivity index (χ3v) is 6.86. The summed E-state index contributed by atoms with van der Waals surface area (Å²) in [5.41, 5.74) is 5.56. The van der Waals surface area contributed by atoms with Gasteiger partial charge in [0.2, 0.25) is 10.0 Å². The van der Waals surface area contributed by atoms with Gasteiger partial charge in [-0.3, -0.25) is 0 Å². The van der Waals surface area contributed by atoms with Gasteiger partial charge in [-0.05, 0) is 62.2 Å². The van der Waals surface area contributed by atoms with Crippen molar-refractivity contribution in [3.8, 4) is 22.6 Å². The number of nitrogens with zero attached hydrogens (tertiary/aromatic N) is 3. The molecule has 0 aliphatic heterocycles. The molecule has 0 radical (unpaired) electrons. The maximum atomic E-state index is 13.2. The molecular formula is C24H26N4O4S. The van der Waals surface area contributed by atoms with Gasteiger partial charge in [0.15, 0.2) is 5.65 Å². The Morgan fingerprint density at radius 2 is 1.70 bits per heavy atom. The van der Waals surface area contributed by atoms with Crippen molar-refractivity contribution in [3.05, 3.63) is 71.2 Å². The first-order chi connectivity index (χ1) is 15.7. The molecule has 2 heterocycles. The predicted octanol–water partition coefficient (Wildman–Crippen LogP) is 3.82. The largest absolute Gasteiger partial charge is 0.497 e. The van der Waals surface area contributed by atoms with Crippen LogP contribution in [-0.4, -0.2) is 37.2 Å². The molecule has 0 saturated heterocycles. The second kappa shape index (κ2) is 8.84. The van der Waals surface area contributed by atoms with Crippen LogP contribution in [0, 0.1) is 20.8 Å². The minimum absolute atomic E-state index is 0.0548. The molecule has 172 valence electrons. The molecule has 0 bridgehead atoms. The molecule has 0 fully saturated rings. The molecule has 0 atom stereocenters. The highest BCUT2D eigenvalue weighted by Crippen LogP contribution is 2.33. The fraction of sp³-hybridized carbons (Fsp3) is 0.250. The lowest BCUT2D eigenvalue weighted by molar-refractivity contribution is 0.402. The minimum Gasteiger partial charge on any atom is -0.497 e. The SMILES string of the molecule is COc1ccc(CNS(=O)(=O)c2cc(-c3c(C)nn4c(C)cc(C)nc34)ccc2OC)cc1. The van der Waals surface area contributed by atoms with E-state index in [1.807, 2.05) is 45.0 Å². The average molecular weight is 467 g/mol. The van der Waals surface area contributed by atoms with Gasteiger partial charge >= 0.3 is 0 Å². The summed E-state index contributed by atoms with van der Waals surface area (Å²) in [4.78, 5) is 4.71. The van der Waals surface area contributed by atoms with Crippen molar-refractivity contribution in [1.82, 2.24) is 19.3 Å². The van der Waals surface area contributed by atoms with Crippen LogP contribution < -0.4 is 14.2 Å². The summed E-state index contributed by atoms with van der Waals surface area (Å²) in [6.07, 6.45) is 0. The number of aryl methyl sites for hydroxylation is 3. The van der Waals surface area contributed by atoms with Crippen molar-refractivity contribution >= 4 is 15.7 Å². The van der Waals surface area contributed by atoms with Gasteiger partial charge in [-0.1, -0.05) is 18.2 Å². The molecule has 9 heteroatoms. The van der Waals surface area contributed by atoms with Crippen LogP contribution in [0.4, 0.5) is 0 Å². The number of hydrogen-bond donors (Lipinski definition) is 1. The highest BCUT2D eigenvalue weighted by Gasteiger charge is 2.23. The Labute approximate surface area is 193 Å². The number of rotatable bonds is 7. The van der Waals surface area contributed by atoms with Gasteiger partial charge in [0.05, 0.1) is 19.9 Å². The van der Waals surface area contributed by atoms with E-state index >= 15 is 0 Å². The molecule has 33 heavy (non-hydrogen) atoms. The number of methoxy groups -OCH3 is 2. The summed E-state index contributed by atoms with van der Waals surface area (Å²) in [6.45, 7) is 5.91. The third-order valence-electron chi connectivity index (χ3n) is 5.44. The first-order valence-corrected chi connectivity index (χ1v) is 11.9. The van der Waals surface area contributed by atoms with Crippen molar-refractivity contribution in [2.75, 3.05) is 14.2 Å². The molecule has 0 spiro atoms. The van der Waals surface area contributed by atoms with Gasteiger partial charge in [0.1, 0.15) is 16.4 Å². The number of benzene rings is 2. The molecule has 2 aromatic carbocycles. The highest BCUT2D eigenvalue weighted by molar-refractivity contribution is 7.89. The Balaban J connectivity index is 1.74. The van der Waals surface area contributed by atoms with E-state index in [4.69, 9.17) is 9.47 Å². The van der Waals surface area contributed by atoms with E-state index in [0.29, 0.717) is 17.0 Å². The van der Waals surface area contributed by atoms with E-state index in [1.165, 1.54) is 7.11 Å². The zero-order valence-electron chi connectivity index (χ0n) is 19.2.